The molecule has 0 spiro atoms. The summed E-state index contributed by atoms with van der Waals surface area (Å²) in [5.74, 6) is -1.49. The van der Waals surface area contributed by atoms with E-state index in [-0.39, 0.29) is 11.3 Å². The van der Waals surface area contributed by atoms with Gasteiger partial charge in [-0.05, 0) is 30.3 Å². The summed E-state index contributed by atoms with van der Waals surface area (Å²) in [5.41, 5.74) is 0.574. The number of amides is 1. The summed E-state index contributed by atoms with van der Waals surface area (Å²) in [7, 11) is 1.41. The van der Waals surface area contributed by atoms with Gasteiger partial charge in [0.05, 0.1) is 31.6 Å². The molecule has 132 valence electrons. The average molecular weight is 348 g/mol. The number of rotatable bonds is 4. The molecule has 0 unspecified atom stereocenters. The molecule has 1 fully saturated rings. The Morgan fingerprint density at radius 2 is 1.88 bits per heavy atom. The summed E-state index contributed by atoms with van der Waals surface area (Å²) < 4.78 is 38.4. The van der Waals surface area contributed by atoms with Gasteiger partial charge in [-0.25, -0.2) is 8.78 Å². The summed E-state index contributed by atoms with van der Waals surface area (Å²) in [5, 5.41) is 2.50. The zero-order valence-corrected chi connectivity index (χ0v) is 13.7. The second-order valence-electron chi connectivity index (χ2n) is 5.57. The maximum atomic E-state index is 14.3. The Morgan fingerprint density at radius 3 is 2.52 bits per heavy atom. The number of halogens is 2. The van der Waals surface area contributed by atoms with E-state index in [1.807, 2.05) is 4.90 Å². The van der Waals surface area contributed by atoms with Crippen molar-refractivity contribution < 1.29 is 23.0 Å². The minimum Gasteiger partial charge on any atom is -0.497 e. The fourth-order valence-electron chi connectivity index (χ4n) is 2.65. The smallest absolute Gasteiger partial charge is 0.258 e. The molecule has 1 heterocycles. The average Bonchev–Trinajstić information content (AvgIpc) is 2.62. The lowest BCUT2D eigenvalue weighted by Crippen LogP contribution is -2.36. The van der Waals surface area contributed by atoms with Crippen molar-refractivity contribution in [2.45, 2.75) is 0 Å². The second-order valence-corrected chi connectivity index (χ2v) is 5.57. The third-order valence-corrected chi connectivity index (χ3v) is 3.98. The van der Waals surface area contributed by atoms with Crippen LogP contribution in [0.2, 0.25) is 0 Å². The molecule has 2 aromatic carbocycles. The van der Waals surface area contributed by atoms with Gasteiger partial charge >= 0.3 is 0 Å². The van der Waals surface area contributed by atoms with Crippen molar-refractivity contribution in [1.82, 2.24) is 0 Å². The summed E-state index contributed by atoms with van der Waals surface area (Å²) in [6.07, 6.45) is 0. The molecule has 1 aliphatic rings. The maximum Gasteiger partial charge on any atom is 0.258 e. The molecular formula is C18H18F2N2O3. The molecule has 0 aromatic heterocycles. The SMILES string of the molecule is COc1ccc(C(=O)Nc2ccc(N3CCOCC3)c(F)c2)c(F)c1. The predicted octanol–water partition coefficient (Wildman–Crippen LogP) is 3.06. The fourth-order valence-corrected chi connectivity index (χ4v) is 2.65. The first-order valence-corrected chi connectivity index (χ1v) is 7.85. The molecule has 2 aromatic rings. The molecule has 5 nitrogen and oxygen atoms in total. The van der Waals surface area contributed by atoms with Gasteiger partial charge in [0.25, 0.3) is 5.91 Å². The topological polar surface area (TPSA) is 50.8 Å². The van der Waals surface area contributed by atoms with Gasteiger partial charge in [-0.3, -0.25) is 4.79 Å². The van der Waals surface area contributed by atoms with Gasteiger partial charge in [-0.15, -0.1) is 0 Å². The lowest BCUT2D eigenvalue weighted by molar-refractivity contribution is 0.102. The van der Waals surface area contributed by atoms with Gasteiger partial charge in [0.2, 0.25) is 0 Å². The van der Waals surface area contributed by atoms with Crippen molar-refractivity contribution in [3.05, 3.63) is 53.6 Å². The first kappa shape index (κ1) is 17.2. The Kier molecular flexibility index (Phi) is 5.14. The number of hydrogen-bond donors (Lipinski definition) is 1. The highest BCUT2D eigenvalue weighted by atomic mass is 19.1. The minimum absolute atomic E-state index is 0.140. The number of carbonyl (C=O) groups is 1. The number of benzene rings is 2. The van der Waals surface area contributed by atoms with E-state index in [0.717, 1.165) is 6.07 Å². The lowest BCUT2D eigenvalue weighted by atomic mass is 10.1. The Morgan fingerprint density at radius 1 is 1.12 bits per heavy atom. The first-order chi connectivity index (χ1) is 12.1. The third-order valence-electron chi connectivity index (χ3n) is 3.98. The Hall–Kier alpha value is -2.67. The summed E-state index contributed by atoms with van der Waals surface area (Å²) in [6, 6.07) is 8.34. The molecule has 0 saturated carbocycles. The van der Waals surface area contributed by atoms with Crippen LogP contribution in [-0.4, -0.2) is 39.3 Å². The van der Waals surface area contributed by atoms with Gasteiger partial charge in [0.15, 0.2) is 0 Å². The summed E-state index contributed by atoms with van der Waals surface area (Å²) >= 11 is 0. The number of hydrogen-bond acceptors (Lipinski definition) is 4. The first-order valence-electron chi connectivity index (χ1n) is 7.85. The van der Waals surface area contributed by atoms with Crippen LogP contribution in [0.15, 0.2) is 36.4 Å². The van der Waals surface area contributed by atoms with Crippen LogP contribution in [-0.2, 0) is 4.74 Å². The van der Waals surface area contributed by atoms with Crippen LogP contribution in [0.3, 0.4) is 0 Å². The number of nitrogens with one attached hydrogen (secondary N) is 1. The van der Waals surface area contributed by atoms with Crippen molar-refractivity contribution in [1.29, 1.82) is 0 Å². The standard InChI is InChI=1S/C18H18F2N2O3/c1-24-13-3-4-14(15(19)11-13)18(23)21-12-2-5-17(16(20)10-12)22-6-8-25-9-7-22/h2-5,10-11H,6-9H2,1H3,(H,21,23). The second kappa shape index (κ2) is 7.48. The molecular weight excluding hydrogens is 330 g/mol. The van der Waals surface area contributed by atoms with Crippen LogP contribution < -0.4 is 15.0 Å². The van der Waals surface area contributed by atoms with E-state index < -0.39 is 17.5 Å². The molecule has 7 heteroatoms. The highest BCUT2D eigenvalue weighted by Gasteiger charge is 2.17. The van der Waals surface area contributed by atoms with Gasteiger partial charge in [-0.1, -0.05) is 0 Å². The van der Waals surface area contributed by atoms with Crippen molar-refractivity contribution in [3.63, 3.8) is 0 Å². The molecule has 0 bridgehead atoms. The predicted molar refractivity (Wildman–Crippen MR) is 90.3 cm³/mol. The molecule has 0 radical (unpaired) electrons. The quantitative estimate of drug-likeness (QED) is 0.923. The normalized spacial score (nSPS) is 14.3. The van der Waals surface area contributed by atoms with Gasteiger partial charge in [0, 0.05) is 24.8 Å². The lowest BCUT2D eigenvalue weighted by Gasteiger charge is -2.29. The number of anilines is 2. The number of carbonyl (C=O) groups excluding carboxylic acids is 1. The van der Waals surface area contributed by atoms with E-state index in [1.54, 1.807) is 12.1 Å². The van der Waals surface area contributed by atoms with Crippen molar-refractivity contribution in [2.24, 2.45) is 0 Å². The van der Waals surface area contributed by atoms with E-state index in [0.29, 0.717) is 37.7 Å². The van der Waals surface area contributed by atoms with Crippen LogP contribution in [0.25, 0.3) is 0 Å². The minimum atomic E-state index is -0.706. The van der Waals surface area contributed by atoms with Crippen LogP contribution in [0.4, 0.5) is 20.2 Å². The number of methoxy groups -OCH3 is 1. The van der Waals surface area contributed by atoms with E-state index in [9.17, 15) is 13.6 Å². The number of morpholine rings is 1. The molecule has 1 saturated heterocycles. The zero-order valence-electron chi connectivity index (χ0n) is 13.7. The Bertz CT molecular complexity index is 777. The molecule has 1 N–H and O–H groups in total. The molecule has 1 aliphatic heterocycles. The molecule has 3 rings (SSSR count). The summed E-state index contributed by atoms with van der Waals surface area (Å²) in [6.45, 7) is 2.32. The van der Waals surface area contributed by atoms with E-state index in [4.69, 9.17) is 9.47 Å². The molecule has 1 amide bonds. The Balaban J connectivity index is 1.74. The fraction of sp³-hybridized carbons (Fsp3) is 0.278. The third kappa shape index (κ3) is 3.88. The zero-order chi connectivity index (χ0) is 17.8. The van der Waals surface area contributed by atoms with E-state index >= 15 is 0 Å². The largest absolute Gasteiger partial charge is 0.497 e. The van der Waals surface area contributed by atoms with E-state index in [1.165, 1.54) is 25.3 Å². The highest BCUT2D eigenvalue weighted by molar-refractivity contribution is 6.04. The van der Waals surface area contributed by atoms with Crippen molar-refractivity contribution in [3.8, 4) is 5.75 Å². The monoisotopic (exact) mass is 348 g/mol. The van der Waals surface area contributed by atoms with Gasteiger partial charge < -0.3 is 19.7 Å². The summed E-state index contributed by atoms with van der Waals surface area (Å²) in [4.78, 5) is 14.1. The van der Waals surface area contributed by atoms with Crippen molar-refractivity contribution >= 4 is 17.3 Å². The van der Waals surface area contributed by atoms with Gasteiger partial charge in [-0.2, -0.15) is 0 Å². The van der Waals surface area contributed by atoms with Crippen molar-refractivity contribution in [2.75, 3.05) is 43.6 Å². The highest BCUT2D eigenvalue weighted by Crippen LogP contribution is 2.24. The van der Waals surface area contributed by atoms with E-state index in [2.05, 4.69) is 5.32 Å². The number of ether oxygens (including phenoxy) is 2. The van der Waals surface area contributed by atoms with Gasteiger partial charge in [0.1, 0.15) is 17.4 Å². The molecule has 25 heavy (non-hydrogen) atoms. The van der Waals surface area contributed by atoms with Crippen LogP contribution in [0.1, 0.15) is 10.4 Å². The Labute approximate surface area is 144 Å². The van der Waals surface area contributed by atoms with Crippen LogP contribution in [0, 0.1) is 11.6 Å². The van der Waals surface area contributed by atoms with Crippen LogP contribution >= 0.6 is 0 Å². The maximum absolute atomic E-state index is 14.3. The molecule has 0 aliphatic carbocycles. The number of nitrogens with zero attached hydrogens (tertiary/aromatic N) is 1. The van der Waals surface area contributed by atoms with Crippen LogP contribution in [0.5, 0.6) is 5.75 Å². The molecule has 0 atom stereocenters.